The van der Waals surface area contributed by atoms with Gasteiger partial charge < -0.3 is 0 Å². The van der Waals surface area contributed by atoms with Crippen molar-refractivity contribution in [3.8, 4) is 5.69 Å². The fraction of sp³-hybridized carbons (Fsp3) is 0.0833. The first kappa shape index (κ1) is 24.7. The first-order chi connectivity index (χ1) is 16.7. The lowest BCUT2D eigenvalue weighted by atomic mass is 10.1. The Bertz CT molecular complexity index is 1450. The Labute approximate surface area is 210 Å². The number of aromatic nitrogens is 2. The highest BCUT2D eigenvalue weighted by Gasteiger charge is 2.29. The van der Waals surface area contributed by atoms with E-state index in [4.69, 9.17) is 0 Å². The summed E-state index contributed by atoms with van der Waals surface area (Å²) in [5.74, 6) is -0.561. The molecular formula is C24H16BrF3N4O2S. The summed E-state index contributed by atoms with van der Waals surface area (Å²) in [7, 11) is 0. The Kier molecular flexibility index (Phi) is 7.37. The zero-order chi connectivity index (χ0) is 25.0. The second-order valence-corrected chi connectivity index (χ2v) is 9.09. The Hall–Kier alpha value is -3.44. The van der Waals surface area contributed by atoms with Crippen LogP contribution in [0.15, 0.2) is 92.3 Å². The molecule has 6 nitrogen and oxygen atoms in total. The number of para-hydroxylation sites is 1. The largest absolute Gasteiger partial charge is 0.416 e. The van der Waals surface area contributed by atoms with Crippen molar-refractivity contribution < 1.29 is 18.0 Å². The topological polar surface area (TPSA) is 76.3 Å². The number of carbonyl (C=O) groups is 1. The molecule has 0 saturated heterocycles. The highest BCUT2D eigenvalue weighted by atomic mass is 79.9. The SMILES string of the molecule is O=C(CSc1nc2ccccc2c(=O)n1-c1ccc(Br)cc1)N/N=C/c1ccc(C(F)(F)F)cc1. The number of fused-ring (bicyclic) bond motifs is 1. The molecule has 11 heteroatoms. The maximum absolute atomic E-state index is 13.2. The number of halogens is 4. The molecule has 0 spiro atoms. The predicted octanol–water partition coefficient (Wildman–Crippen LogP) is 5.41. The van der Waals surface area contributed by atoms with Gasteiger partial charge in [-0.1, -0.05) is 52.0 Å². The average molecular weight is 561 g/mol. The van der Waals surface area contributed by atoms with E-state index in [1.54, 1.807) is 48.5 Å². The number of nitrogens with zero attached hydrogens (tertiary/aromatic N) is 3. The van der Waals surface area contributed by atoms with E-state index in [9.17, 15) is 22.8 Å². The van der Waals surface area contributed by atoms with Crippen LogP contribution in [0.4, 0.5) is 13.2 Å². The number of hydrazone groups is 1. The molecule has 1 aromatic heterocycles. The lowest BCUT2D eigenvalue weighted by Gasteiger charge is -2.13. The van der Waals surface area contributed by atoms with Crippen LogP contribution in [0.5, 0.6) is 0 Å². The summed E-state index contributed by atoms with van der Waals surface area (Å²) in [4.78, 5) is 30.1. The van der Waals surface area contributed by atoms with Gasteiger partial charge in [0.25, 0.3) is 11.5 Å². The maximum Gasteiger partial charge on any atom is 0.416 e. The van der Waals surface area contributed by atoms with Crippen molar-refractivity contribution in [1.82, 2.24) is 15.0 Å². The first-order valence-electron chi connectivity index (χ1n) is 10.1. The number of carbonyl (C=O) groups excluding carboxylic acids is 1. The minimum atomic E-state index is -4.42. The molecule has 1 N–H and O–H groups in total. The smallest absolute Gasteiger partial charge is 0.272 e. The molecule has 0 fully saturated rings. The van der Waals surface area contributed by atoms with Crippen LogP contribution in [0.25, 0.3) is 16.6 Å². The van der Waals surface area contributed by atoms with Crippen LogP contribution in [-0.4, -0.2) is 27.4 Å². The van der Waals surface area contributed by atoms with E-state index < -0.39 is 17.6 Å². The molecule has 0 atom stereocenters. The highest BCUT2D eigenvalue weighted by molar-refractivity contribution is 9.10. The fourth-order valence-corrected chi connectivity index (χ4v) is 4.20. The van der Waals surface area contributed by atoms with Crippen LogP contribution in [0, 0.1) is 0 Å². The van der Waals surface area contributed by atoms with Gasteiger partial charge in [0.1, 0.15) is 0 Å². The van der Waals surface area contributed by atoms with Gasteiger partial charge >= 0.3 is 6.18 Å². The first-order valence-corrected chi connectivity index (χ1v) is 11.9. The molecule has 4 rings (SSSR count). The summed E-state index contributed by atoms with van der Waals surface area (Å²) in [6, 6.07) is 18.5. The normalized spacial score (nSPS) is 11.8. The van der Waals surface area contributed by atoms with Gasteiger partial charge in [0, 0.05) is 4.47 Å². The fourth-order valence-electron chi connectivity index (χ4n) is 3.13. The Morgan fingerprint density at radius 1 is 1.06 bits per heavy atom. The number of thioether (sulfide) groups is 1. The molecular weight excluding hydrogens is 545 g/mol. The van der Waals surface area contributed by atoms with E-state index in [0.717, 1.165) is 28.4 Å². The van der Waals surface area contributed by atoms with Gasteiger partial charge in [0.05, 0.1) is 34.1 Å². The third-order valence-electron chi connectivity index (χ3n) is 4.80. The maximum atomic E-state index is 13.2. The van der Waals surface area contributed by atoms with Crippen LogP contribution in [0.1, 0.15) is 11.1 Å². The van der Waals surface area contributed by atoms with Crippen molar-refractivity contribution in [2.45, 2.75) is 11.3 Å². The third kappa shape index (κ3) is 5.98. The lowest BCUT2D eigenvalue weighted by Crippen LogP contribution is -2.24. The minimum Gasteiger partial charge on any atom is -0.272 e. The highest BCUT2D eigenvalue weighted by Crippen LogP contribution is 2.29. The Morgan fingerprint density at radius 3 is 2.43 bits per heavy atom. The Balaban J connectivity index is 1.50. The summed E-state index contributed by atoms with van der Waals surface area (Å²) in [5, 5.41) is 4.57. The molecule has 0 saturated carbocycles. The number of amides is 1. The van der Waals surface area contributed by atoms with Crippen molar-refractivity contribution >= 4 is 50.7 Å². The van der Waals surface area contributed by atoms with E-state index in [1.165, 1.54) is 22.9 Å². The Morgan fingerprint density at radius 2 is 1.74 bits per heavy atom. The molecule has 178 valence electrons. The van der Waals surface area contributed by atoms with Gasteiger partial charge in [-0.3, -0.25) is 14.2 Å². The molecule has 0 radical (unpaired) electrons. The second kappa shape index (κ2) is 10.4. The second-order valence-electron chi connectivity index (χ2n) is 7.23. The average Bonchev–Trinajstić information content (AvgIpc) is 2.83. The summed E-state index contributed by atoms with van der Waals surface area (Å²) in [5.41, 5.74) is 2.80. The molecule has 1 amide bonds. The van der Waals surface area contributed by atoms with E-state index >= 15 is 0 Å². The van der Waals surface area contributed by atoms with Gasteiger partial charge in [-0.05, 0) is 54.1 Å². The molecule has 0 unspecified atom stereocenters. The zero-order valence-electron chi connectivity index (χ0n) is 17.8. The molecule has 35 heavy (non-hydrogen) atoms. The summed E-state index contributed by atoms with van der Waals surface area (Å²) in [6.07, 6.45) is -3.18. The number of hydrogen-bond acceptors (Lipinski definition) is 5. The van der Waals surface area contributed by atoms with Crippen LogP contribution in [0.3, 0.4) is 0 Å². The number of alkyl halides is 3. The van der Waals surface area contributed by atoms with Crippen molar-refractivity contribution in [3.63, 3.8) is 0 Å². The van der Waals surface area contributed by atoms with Crippen molar-refractivity contribution in [2.24, 2.45) is 5.10 Å². The van der Waals surface area contributed by atoms with Gasteiger partial charge in [-0.25, -0.2) is 10.4 Å². The van der Waals surface area contributed by atoms with E-state index in [-0.39, 0.29) is 11.3 Å². The summed E-state index contributed by atoms with van der Waals surface area (Å²) >= 11 is 4.44. The molecule has 0 aliphatic rings. The van der Waals surface area contributed by atoms with Crippen LogP contribution in [-0.2, 0) is 11.0 Å². The standard InChI is InChI=1S/C24H16BrF3N4O2S/c25-17-9-11-18(12-10-17)32-22(34)19-3-1-2-4-20(19)30-23(32)35-14-21(33)31-29-13-15-5-7-16(8-6-15)24(26,27)28/h1-13H,14H2,(H,31,33)/b29-13+. The van der Waals surface area contributed by atoms with Gasteiger partial charge in [0.2, 0.25) is 0 Å². The van der Waals surface area contributed by atoms with Crippen molar-refractivity contribution in [1.29, 1.82) is 0 Å². The third-order valence-corrected chi connectivity index (χ3v) is 6.27. The monoisotopic (exact) mass is 560 g/mol. The van der Waals surface area contributed by atoms with Gasteiger partial charge in [-0.2, -0.15) is 18.3 Å². The van der Waals surface area contributed by atoms with E-state index in [2.05, 4.69) is 31.4 Å². The van der Waals surface area contributed by atoms with E-state index in [1.807, 2.05) is 0 Å². The van der Waals surface area contributed by atoms with Crippen LogP contribution < -0.4 is 11.0 Å². The molecule has 4 aromatic rings. The van der Waals surface area contributed by atoms with Crippen LogP contribution >= 0.6 is 27.7 Å². The summed E-state index contributed by atoms with van der Waals surface area (Å²) in [6.45, 7) is 0. The minimum absolute atomic E-state index is 0.0916. The zero-order valence-corrected chi connectivity index (χ0v) is 20.2. The van der Waals surface area contributed by atoms with E-state index in [0.29, 0.717) is 27.3 Å². The number of rotatable bonds is 6. The summed E-state index contributed by atoms with van der Waals surface area (Å²) < 4.78 is 40.2. The molecule has 3 aromatic carbocycles. The molecule has 0 aliphatic carbocycles. The number of benzene rings is 3. The quantitative estimate of drug-likeness (QED) is 0.148. The number of nitrogens with one attached hydrogen (secondary N) is 1. The van der Waals surface area contributed by atoms with Crippen LogP contribution in [0.2, 0.25) is 0 Å². The molecule has 1 heterocycles. The lowest BCUT2D eigenvalue weighted by molar-refractivity contribution is -0.137. The molecule has 0 bridgehead atoms. The number of hydrogen-bond donors (Lipinski definition) is 1. The van der Waals surface area contributed by atoms with Crippen molar-refractivity contribution in [3.05, 3.63) is 98.7 Å². The van der Waals surface area contributed by atoms with Gasteiger partial charge in [0.15, 0.2) is 5.16 Å². The van der Waals surface area contributed by atoms with Crippen molar-refractivity contribution in [2.75, 3.05) is 5.75 Å². The predicted molar refractivity (Wildman–Crippen MR) is 133 cm³/mol. The molecule has 0 aliphatic heterocycles. The van der Waals surface area contributed by atoms with Gasteiger partial charge in [-0.15, -0.1) is 0 Å².